The van der Waals surface area contributed by atoms with Gasteiger partial charge < -0.3 is 10.5 Å². The van der Waals surface area contributed by atoms with Gasteiger partial charge in [0, 0.05) is 6.08 Å². The molecule has 1 amide bonds. The molecular formula is C12H15NO2. The lowest BCUT2D eigenvalue weighted by Crippen LogP contribution is -2.07. The van der Waals surface area contributed by atoms with Gasteiger partial charge in [0.15, 0.2) is 0 Å². The van der Waals surface area contributed by atoms with Crippen molar-refractivity contribution in [2.75, 3.05) is 7.11 Å². The standard InChI is InChI=1S/C12H15NO2/c1-9(8-12(13)14)7-10-3-5-11(15-2)6-4-10/h3-6,8H,7H2,1-2H3,(H2,13,14). The number of allylic oxidation sites excluding steroid dienone is 1. The Morgan fingerprint density at radius 1 is 1.40 bits per heavy atom. The van der Waals surface area contributed by atoms with E-state index in [9.17, 15) is 4.79 Å². The van der Waals surface area contributed by atoms with Gasteiger partial charge in [-0.1, -0.05) is 17.7 Å². The van der Waals surface area contributed by atoms with Gasteiger partial charge in [0.05, 0.1) is 7.11 Å². The van der Waals surface area contributed by atoms with E-state index in [1.807, 2.05) is 31.2 Å². The third-order valence-electron chi connectivity index (χ3n) is 2.03. The zero-order chi connectivity index (χ0) is 11.3. The van der Waals surface area contributed by atoms with Crippen LogP contribution >= 0.6 is 0 Å². The molecule has 0 atom stereocenters. The fourth-order valence-electron chi connectivity index (χ4n) is 1.36. The summed E-state index contributed by atoms with van der Waals surface area (Å²) in [5.74, 6) is 0.427. The molecule has 15 heavy (non-hydrogen) atoms. The highest BCUT2D eigenvalue weighted by molar-refractivity contribution is 5.86. The van der Waals surface area contributed by atoms with Gasteiger partial charge in [0.1, 0.15) is 5.75 Å². The van der Waals surface area contributed by atoms with Gasteiger partial charge in [-0.15, -0.1) is 0 Å². The maximum Gasteiger partial charge on any atom is 0.241 e. The van der Waals surface area contributed by atoms with Crippen LogP contribution in [0, 0.1) is 0 Å². The Hall–Kier alpha value is -1.77. The van der Waals surface area contributed by atoms with Gasteiger partial charge in [0.2, 0.25) is 5.91 Å². The quantitative estimate of drug-likeness (QED) is 0.760. The zero-order valence-corrected chi connectivity index (χ0v) is 8.99. The SMILES string of the molecule is COc1ccc(CC(C)=CC(N)=O)cc1. The topological polar surface area (TPSA) is 52.3 Å². The van der Waals surface area contributed by atoms with E-state index in [2.05, 4.69) is 0 Å². The highest BCUT2D eigenvalue weighted by atomic mass is 16.5. The van der Waals surface area contributed by atoms with E-state index < -0.39 is 5.91 Å². The summed E-state index contributed by atoms with van der Waals surface area (Å²) in [7, 11) is 1.63. The molecule has 0 aliphatic carbocycles. The largest absolute Gasteiger partial charge is 0.497 e. The smallest absolute Gasteiger partial charge is 0.241 e. The second-order valence-corrected chi connectivity index (χ2v) is 3.42. The maximum absolute atomic E-state index is 10.6. The summed E-state index contributed by atoms with van der Waals surface area (Å²) >= 11 is 0. The second-order valence-electron chi connectivity index (χ2n) is 3.42. The molecule has 0 saturated heterocycles. The predicted molar refractivity (Wildman–Crippen MR) is 59.6 cm³/mol. The molecule has 0 unspecified atom stereocenters. The lowest BCUT2D eigenvalue weighted by Gasteiger charge is -2.03. The molecule has 0 saturated carbocycles. The first-order chi connectivity index (χ1) is 7.11. The molecule has 3 heteroatoms. The zero-order valence-electron chi connectivity index (χ0n) is 8.99. The number of methoxy groups -OCH3 is 1. The van der Waals surface area contributed by atoms with Crippen LogP contribution < -0.4 is 10.5 Å². The minimum Gasteiger partial charge on any atom is -0.497 e. The monoisotopic (exact) mass is 205 g/mol. The molecule has 2 N–H and O–H groups in total. The Balaban J connectivity index is 2.69. The molecule has 0 bridgehead atoms. The van der Waals surface area contributed by atoms with Crippen molar-refractivity contribution < 1.29 is 9.53 Å². The molecule has 80 valence electrons. The Kier molecular flexibility index (Phi) is 3.92. The number of carbonyl (C=O) groups is 1. The van der Waals surface area contributed by atoms with Crippen LogP contribution in [0.1, 0.15) is 12.5 Å². The number of benzene rings is 1. The van der Waals surface area contributed by atoms with Crippen molar-refractivity contribution in [2.45, 2.75) is 13.3 Å². The number of carbonyl (C=O) groups excluding carboxylic acids is 1. The molecule has 0 fully saturated rings. The summed E-state index contributed by atoms with van der Waals surface area (Å²) in [5.41, 5.74) is 7.14. The van der Waals surface area contributed by atoms with E-state index in [1.165, 1.54) is 6.08 Å². The number of rotatable bonds is 4. The number of hydrogen-bond donors (Lipinski definition) is 1. The van der Waals surface area contributed by atoms with Gasteiger partial charge in [-0.25, -0.2) is 0 Å². The first kappa shape index (κ1) is 11.3. The maximum atomic E-state index is 10.6. The van der Waals surface area contributed by atoms with Gasteiger partial charge in [0.25, 0.3) is 0 Å². The summed E-state index contributed by atoms with van der Waals surface area (Å²) in [6.45, 7) is 1.88. The van der Waals surface area contributed by atoms with Crippen LogP contribution in [0.2, 0.25) is 0 Å². The van der Waals surface area contributed by atoms with E-state index in [0.717, 1.165) is 23.3 Å². The lowest BCUT2D eigenvalue weighted by molar-refractivity contribution is -0.113. The third kappa shape index (κ3) is 3.85. The van der Waals surface area contributed by atoms with Crippen molar-refractivity contribution in [3.8, 4) is 5.75 Å². The summed E-state index contributed by atoms with van der Waals surface area (Å²) < 4.78 is 5.05. The van der Waals surface area contributed by atoms with Crippen molar-refractivity contribution in [3.63, 3.8) is 0 Å². The van der Waals surface area contributed by atoms with Crippen LogP contribution in [-0.2, 0) is 11.2 Å². The van der Waals surface area contributed by atoms with Crippen molar-refractivity contribution in [1.29, 1.82) is 0 Å². The predicted octanol–water partition coefficient (Wildman–Crippen LogP) is 1.67. The number of hydrogen-bond acceptors (Lipinski definition) is 2. The molecule has 0 aliphatic heterocycles. The number of amides is 1. The van der Waals surface area contributed by atoms with Crippen LogP contribution in [0.4, 0.5) is 0 Å². The summed E-state index contributed by atoms with van der Waals surface area (Å²) in [4.78, 5) is 10.6. The Labute approximate surface area is 89.5 Å². The van der Waals surface area contributed by atoms with Crippen LogP contribution in [0.15, 0.2) is 35.9 Å². The van der Waals surface area contributed by atoms with Crippen LogP contribution in [-0.4, -0.2) is 13.0 Å². The summed E-state index contributed by atoms with van der Waals surface area (Å²) in [6.07, 6.45) is 2.18. The molecule has 0 radical (unpaired) electrons. The highest BCUT2D eigenvalue weighted by Crippen LogP contribution is 2.13. The van der Waals surface area contributed by atoms with Crippen LogP contribution in [0.5, 0.6) is 5.75 Å². The molecular weight excluding hydrogens is 190 g/mol. The number of nitrogens with two attached hydrogens (primary N) is 1. The van der Waals surface area contributed by atoms with Crippen molar-refractivity contribution in [2.24, 2.45) is 5.73 Å². The van der Waals surface area contributed by atoms with E-state index >= 15 is 0 Å². The minimum absolute atomic E-state index is 0.402. The lowest BCUT2D eigenvalue weighted by atomic mass is 10.1. The normalized spacial score (nSPS) is 11.2. The van der Waals surface area contributed by atoms with Gasteiger partial charge in [-0.2, -0.15) is 0 Å². The number of primary amides is 1. The van der Waals surface area contributed by atoms with E-state index in [1.54, 1.807) is 7.11 Å². The van der Waals surface area contributed by atoms with Crippen molar-refractivity contribution >= 4 is 5.91 Å². The Morgan fingerprint density at radius 3 is 2.47 bits per heavy atom. The summed E-state index contributed by atoms with van der Waals surface area (Å²) in [6, 6.07) is 7.73. The highest BCUT2D eigenvalue weighted by Gasteiger charge is 1.97. The minimum atomic E-state index is -0.402. The number of ether oxygens (including phenoxy) is 1. The Bertz CT molecular complexity index is 366. The molecule has 0 aromatic heterocycles. The molecule has 3 nitrogen and oxygen atoms in total. The molecule has 1 rings (SSSR count). The Morgan fingerprint density at radius 2 is 2.00 bits per heavy atom. The van der Waals surface area contributed by atoms with Gasteiger partial charge in [-0.05, 0) is 31.0 Å². The fraction of sp³-hybridized carbons (Fsp3) is 0.250. The molecule has 1 aromatic rings. The van der Waals surface area contributed by atoms with Gasteiger partial charge >= 0.3 is 0 Å². The fourth-order valence-corrected chi connectivity index (χ4v) is 1.36. The molecule has 1 aromatic carbocycles. The van der Waals surface area contributed by atoms with Crippen LogP contribution in [0.3, 0.4) is 0 Å². The van der Waals surface area contributed by atoms with E-state index in [-0.39, 0.29) is 0 Å². The second kappa shape index (κ2) is 5.20. The average molecular weight is 205 g/mol. The molecule has 0 aliphatic rings. The van der Waals surface area contributed by atoms with E-state index in [4.69, 9.17) is 10.5 Å². The summed E-state index contributed by atoms with van der Waals surface area (Å²) in [5, 5.41) is 0. The third-order valence-corrected chi connectivity index (χ3v) is 2.03. The average Bonchev–Trinajstić information content (AvgIpc) is 2.17. The molecule has 0 spiro atoms. The van der Waals surface area contributed by atoms with Crippen LogP contribution in [0.25, 0.3) is 0 Å². The first-order valence-electron chi connectivity index (χ1n) is 4.71. The van der Waals surface area contributed by atoms with E-state index in [0.29, 0.717) is 0 Å². The van der Waals surface area contributed by atoms with Crippen molar-refractivity contribution in [1.82, 2.24) is 0 Å². The van der Waals surface area contributed by atoms with Gasteiger partial charge in [-0.3, -0.25) is 4.79 Å². The first-order valence-corrected chi connectivity index (χ1v) is 4.71. The van der Waals surface area contributed by atoms with Crippen molar-refractivity contribution in [3.05, 3.63) is 41.5 Å². The molecule has 0 heterocycles.